The lowest BCUT2D eigenvalue weighted by atomic mass is 10.2. The largest absolute Gasteiger partial charge is 0.508 e. The van der Waals surface area contributed by atoms with Crippen molar-refractivity contribution in [1.82, 2.24) is 9.78 Å². The van der Waals surface area contributed by atoms with Crippen LogP contribution in [0.5, 0.6) is 5.75 Å². The second-order valence-corrected chi connectivity index (χ2v) is 2.69. The van der Waals surface area contributed by atoms with Gasteiger partial charge in [0.15, 0.2) is 0 Å². The highest BCUT2D eigenvalue weighted by Crippen LogP contribution is 2.21. The minimum atomic E-state index is 0.180. The molecule has 0 saturated carbocycles. The van der Waals surface area contributed by atoms with Crippen molar-refractivity contribution in [2.24, 2.45) is 0 Å². The van der Waals surface area contributed by atoms with Crippen LogP contribution in [0.3, 0.4) is 0 Å². The lowest BCUT2D eigenvalue weighted by molar-refractivity contribution is 0.475. The van der Waals surface area contributed by atoms with Gasteiger partial charge >= 0.3 is 0 Å². The van der Waals surface area contributed by atoms with Gasteiger partial charge in [0.2, 0.25) is 0 Å². The third-order valence-corrected chi connectivity index (χ3v) is 1.77. The summed E-state index contributed by atoms with van der Waals surface area (Å²) in [4.78, 5) is 0. The molecule has 2 rings (SSSR count). The fourth-order valence-electron chi connectivity index (χ4n) is 1.14. The Morgan fingerprint density at radius 3 is 2.92 bits per heavy atom. The van der Waals surface area contributed by atoms with Crippen LogP contribution < -0.4 is 5.73 Å². The van der Waals surface area contributed by atoms with Gasteiger partial charge in [0.1, 0.15) is 5.75 Å². The van der Waals surface area contributed by atoms with E-state index in [9.17, 15) is 5.11 Å². The molecule has 2 aromatic rings. The summed E-state index contributed by atoms with van der Waals surface area (Å²) >= 11 is 0. The Morgan fingerprint density at radius 2 is 2.23 bits per heavy atom. The van der Waals surface area contributed by atoms with Gasteiger partial charge in [-0.3, -0.25) is 0 Å². The topological polar surface area (TPSA) is 64.1 Å². The molecule has 0 aliphatic carbocycles. The van der Waals surface area contributed by atoms with E-state index in [1.807, 2.05) is 0 Å². The van der Waals surface area contributed by atoms with Gasteiger partial charge in [-0.1, -0.05) is 0 Å². The smallest absolute Gasteiger partial charge is 0.117 e. The van der Waals surface area contributed by atoms with Crippen LogP contribution in [0, 0.1) is 0 Å². The fraction of sp³-hybridized carbons (Fsp3) is 0. The fourth-order valence-corrected chi connectivity index (χ4v) is 1.14. The Bertz CT molecular complexity index is 409. The molecule has 4 nitrogen and oxygen atoms in total. The van der Waals surface area contributed by atoms with Gasteiger partial charge in [-0.2, -0.15) is 5.10 Å². The maximum absolute atomic E-state index is 9.24. The maximum atomic E-state index is 9.24. The zero-order valence-corrected chi connectivity index (χ0v) is 6.88. The minimum Gasteiger partial charge on any atom is -0.508 e. The van der Waals surface area contributed by atoms with Crippen molar-refractivity contribution in [3.63, 3.8) is 0 Å². The summed E-state index contributed by atoms with van der Waals surface area (Å²) in [5.74, 6) is 0.180. The van der Waals surface area contributed by atoms with Gasteiger partial charge in [-0.25, -0.2) is 4.68 Å². The Hall–Kier alpha value is -1.97. The third kappa shape index (κ3) is 1.33. The molecule has 0 radical (unpaired) electrons. The Morgan fingerprint density at radius 1 is 1.38 bits per heavy atom. The van der Waals surface area contributed by atoms with E-state index in [2.05, 4.69) is 5.10 Å². The molecule has 1 aromatic heterocycles. The number of nitrogens with two attached hydrogens (primary N) is 1. The van der Waals surface area contributed by atoms with Gasteiger partial charge in [-0.05, 0) is 18.2 Å². The molecule has 0 spiro atoms. The van der Waals surface area contributed by atoms with Crippen molar-refractivity contribution in [2.75, 3.05) is 5.73 Å². The molecule has 0 aliphatic heterocycles. The maximum Gasteiger partial charge on any atom is 0.117 e. The first-order valence-corrected chi connectivity index (χ1v) is 3.86. The number of hydrogen-bond donors (Lipinski definition) is 2. The quantitative estimate of drug-likeness (QED) is 0.505. The highest BCUT2D eigenvalue weighted by molar-refractivity contribution is 5.59. The average molecular weight is 175 g/mol. The highest BCUT2D eigenvalue weighted by atomic mass is 16.3. The van der Waals surface area contributed by atoms with Crippen LogP contribution in [0.4, 0.5) is 5.69 Å². The number of rotatable bonds is 1. The number of phenolic OH excluding ortho intramolecular Hbond substituents is 1. The molecule has 13 heavy (non-hydrogen) atoms. The molecule has 0 fully saturated rings. The van der Waals surface area contributed by atoms with Crippen molar-refractivity contribution in [3.05, 3.63) is 36.7 Å². The Kier molecular flexibility index (Phi) is 1.66. The SMILES string of the molecule is Nc1ccc(O)cc1-n1cccn1. The molecule has 0 bridgehead atoms. The van der Waals surface area contributed by atoms with Crippen LogP contribution in [0.2, 0.25) is 0 Å². The second-order valence-electron chi connectivity index (χ2n) is 2.69. The monoisotopic (exact) mass is 175 g/mol. The summed E-state index contributed by atoms with van der Waals surface area (Å²) in [7, 11) is 0. The molecule has 0 unspecified atom stereocenters. The normalized spacial score (nSPS) is 10.2. The molecule has 0 amide bonds. The predicted molar refractivity (Wildman–Crippen MR) is 49.6 cm³/mol. The Labute approximate surface area is 75.2 Å². The van der Waals surface area contributed by atoms with E-state index >= 15 is 0 Å². The summed E-state index contributed by atoms with van der Waals surface area (Å²) in [6.07, 6.45) is 3.43. The highest BCUT2D eigenvalue weighted by Gasteiger charge is 2.01. The standard InChI is InChI=1S/C9H9N3O/c10-8-3-2-7(13)6-9(8)12-5-1-4-11-12/h1-6,13H,10H2. The first-order valence-electron chi connectivity index (χ1n) is 3.86. The van der Waals surface area contributed by atoms with Crippen LogP contribution in [-0.2, 0) is 0 Å². The van der Waals surface area contributed by atoms with Crippen molar-refractivity contribution in [2.45, 2.75) is 0 Å². The predicted octanol–water partition coefficient (Wildman–Crippen LogP) is 1.16. The molecule has 1 aromatic carbocycles. The van der Waals surface area contributed by atoms with Crippen molar-refractivity contribution in [1.29, 1.82) is 0 Å². The van der Waals surface area contributed by atoms with Crippen LogP contribution >= 0.6 is 0 Å². The van der Waals surface area contributed by atoms with E-state index in [0.717, 1.165) is 0 Å². The van der Waals surface area contributed by atoms with Gasteiger partial charge in [0.25, 0.3) is 0 Å². The number of anilines is 1. The number of benzene rings is 1. The molecule has 4 heteroatoms. The van der Waals surface area contributed by atoms with Crippen molar-refractivity contribution >= 4 is 5.69 Å². The van der Waals surface area contributed by atoms with Gasteiger partial charge in [-0.15, -0.1) is 0 Å². The minimum absolute atomic E-state index is 0.180. The zero-order chi connectivity index (χ0) is 9.26. The number of aromatic nitrogens is 2. The first-order chi connectivity index (χ1) is 6.27. The number of hydrogen-bond acceptors (Lipinski definition) is 3. The molecule has 66 valence electrons. The summed E-state index contributed by atoms with van der Waals surface area (Å²) in [6.45, 7) is 0. The van der Waals surface area contributed by atoms with E-state index < -0.39 is 0 Å². The van der Waals surface area contributed by atoms with Crippen LogP contribution in [0.25, 0.3) is 5.69 Å². The summed E-state index contributed by atoms with van der Waals surface area (Å²) in [5.41, 5.74) is 6.98. The zero-order valence-electron chi connectivity index (χ0n) is 6.88. The van der Waals surface area contributed by atoms with Gasteiger partial charge < -0.3 is 10.8 Å². The first kappa shape index (κ1) is 7.67. The lowest BCUT2D eigenvalue weighted by Gasteiger charge is -2.05. The van der Waals surface area contributed by atoms with E-state index in [1.165, 1.54) is 0 Å². The number of nitrogens with zero attached hydrogens (tertiary/aromatic N) is 2. The van der Waals surface area contributed by atoms with E-state index in [-0.39, 0.29) is 5.75 Å². The van der Waals surface area contributed by atoms with Crippen LogP contribution in [0.1, 0.15) is 0 Å². The van der Waals surface area contributed by atoms with E-state index in [0.29, 0.717) is 11.4 Å². The molecule has 0 atom stereocenters. The summed E-state index contributed by atoms with van der Waals surface area (Å²) < 4.78 is 1.61. The van der Waals surface area contributed by atoms with Crippen LogP contribution in [0.15, 0.2) is 36.7 Å². The van der Waals surface area contributed by atoms with Gasteiger partial charge in [0, 0.05) is 18.5 Å². The van der Waals surface area contributed by atoms with Crippen molar-refractivity contribution in [3.8, 4) is 11.4 Å². The molecule has 0 saturated heterocycles. The summed E-state index contributed by atoms with van der Waals surface area (Å²) in [6, 6.07) is 6.56. The Balaban J connectivity index is 2.57. The molecule has 0 aliphatic rings. The lowest BCUT2D eigenvalue weighted by Crippen LogP contribution is -1.99. The van der Waals surface area contributed by atoms with Crippen molar-refractivity contribution < 1.29 is 5.11 Å². The number of aromatic hydroxyl groups is 1. The molecule has 1 heterocycles. The summed E-state index contributed by atoms with van der Waals surface area (Å²) in [5, 5.41) is 13.3. The van der Waals surface area contributed by atoms with E-state index in [1.54, 1.807) is 41.3 Å². The molecular weight excluding hydrogens is 166 g/mol. The second kappa shape index (κ2) is 2.82. The number of nitrogen functional groups attached to an aromatic ring is 1. The van der Waals surface area contributed by atoms with Gasteiger partial charge in [0.05, 0.1) is 11.4 Å². The molecule has 3 N–H and O–H groups in total. The van der Waals surface area contributed by atoms with E-state index in [4.69, 9.17) is 5.73 Å². The average Bonchev–Trinajstić information content (AvgIpc) is 2.61. The third-order valence-electron chi connectivity index (χ3n) is 1.77. The number of phenols is 1. The van der Waals surface area contributed by atoms with Crippen LogP contribution in [-0.4, -0.2) is 14.9 Å². The molecular formula is C9H9N3O.